The number of benzene rings is 1. The van der Waals surface area contributed by atoms with Gasteiger partial charge in [0.2, 0.25) is 0 Å². The van der Waals surface area contributed by atoms with Crippen molar-refractivity contribution in [1.29, 1.82) is 0 Å². The van der Waals surface area contributed by atoms with E-state index in [2.05, 4.69) is 26.1 Å². The zero-order chi connectivity index (χ0) is 15.5. The molecule has 2 unspecified atom stereocenters. The van der Waals surface area contributed by atoms with E-state index in [1.54, 1.807) is 14.2 Å². The third-order valence-electron chi connectivity index (χ3n) is 4.11. The molecule has 2 atom stereocenters. The van der Waals surface area contributed by atoms with Crippen molar-refractivity contribution in [3.05, 3.63) is 23.8 Å². The molecule has 0 spiro atoms. The summed E-state index contributed by atoms with van der Waals surface area (Å²) in [6.45, 7) is 8.34. The van der Waals surface area contributed by atoms with Crippen LogP contribution in [-0.2, 0) is 4.74 Å². The van der Waals surface area contributed by atoms with Crippen LogP contribution in [0, 0.1) is 5.41 Å². The Balaban J connectivity index is 2.15. The van der Waals surface area contributed by atoms with Gasteiger partial charge in [0.25, 0.3) is 0 Å². The average Bonchev–Trinajstić information content (AvgIpc) is 2.72. The summed E-state index contributed by atoms with van der Waals surface area (Å²) < 4.78 is 16.8. The minimum atomic E-state index is 0.0122. The second-order valence-electron chi connectivity index (χ2n) is 6.58. The standard InChI is InChI=1S/C17H27NO3/c1-17(2,3)16-8-9-21-15(11-18-16)13-7-6-12(19-4)10-14(13)20-5/h6-7,10,15-16,18H,8-9,11H2,1-5H3. The van der Waals surface area contributed by atoms with Crippen LogP contribution in [0.15, 0.2) is 18.2 Å². The number of hydrogen-bond acceptors (Lipinski definition) is 4. The van der Waals surface area contributed by atoms with Crippen LogP contribution in [0.2, 0.25) is 0 Å². The first-order valence-electron chi connectivity index (χ1n) is 7.52. The Kier molecular flexibility index (Phi) is 5.12. The van der Waals surface area contributed by atoms with Gasteiger partial charge in [-0.25, -0.2) is 0 Å². The Labute approximate surface area is 127 Å². The van der Waals surface area contributed by atoms with Crippen molar-refractivity contribution in [2.24, 2.45) is 5.41 Å². The second kappa shape index (κ2) is 6.67. The summed E-state index contributed by atoms with van der Waals surface area (Å²) in [5.74, 6) is 1.61. The van der Waals surface area contributed by atoms with E-state index in [1.807, 2.05) is 18.2 Å². The van der Waals surface area contributed by atoms with Crippen LogP contribution < -0.4 is 14.8 Å². The van der Waals surface area contributed by atoms with Gasteiger partial charge < -0.3 is 19.5 Å². The average molecular weight is 293 g/mol. The Morgan fingerprint density at radius 1 is 1.19 bits per heavy atom. The summed E-state index contributed by atoms with van der Waals surface area (Å²) in [4.78, 5) is 0. The first-order chi connectivity index (χ1) is 9.95. The molecule has 1 saturated heterocycles. The molecule has 4 heteroatoms. The molecule has 118 valence electrons. The Bertz CT molecular complexity index is 468. The summed E-state index contributed by atoms with van der Waals surface area (Å²) in [5.41, 5.74) is 1.31. The third-order valence-corrected chi connectivity index (χ3v) is 4.11. The van der Waals surface area contributed by atoms with Gasteiger partial charge in [-0.2, -0.15) is 0 Å². The number of rotatable bonds is 3. The maximum Gasteiger partial charge on any atom is 0.128 e. The lowest BCUT2D eigenvalue weighted by atomic mass is 9.85. The summed E-state index contributed by atoms with van der Waals surface area (Å²) in [6.07, 6.45) is 1.04. The SMILES string of the molecule is COc1ccc(C2CNC(C(C)(C)C)CCO2)c(OC)c1. The normalized spacial score (nSPS) is 23.5. The molecule has 0 amide bonds. The molecule has 0 aromatic heterocycles. The topological polar surface area (TPSA) is 39.7 Å². The highest BCUT2D eigenvalue weighted by Crippen LogP contribution is 2.33. The Morgan fingerprint density at radius 2 is 1.95 bits per heavy atom. The van der Waals surface area contributed by atoms with Gasteiger partial charge in [-0.3, -0.25) is 0 Å². The van der Waals surface area contributed by atoms with Gasteiger partial charge in [-0.1, -0.05) is 20.8 Å². The number of methoxy groups -OCH3 is 2. The highest BCUT2D eigenvalue weighted by Gasteiger charge is 2.29. The molecule has 1 aromatic rings. The molecule has 1 heterocycles. The molecule has 1 aromatic carbocycles. The van der Waals surface area contributed by atoms with Gasteiger partial charge in [0.15, 0.2) is 0 Å². The van der Waals surface area contributed by atoms with E-state index < -0.39 is 0 Å². The van der Waals surface area contributed by atoms with E-state index in [0.717, 1.165) is 36.6 Å². The van der Waals surface area contributed by atoms with Gasteiger partial charge in [-0.15, -0.1) is 0 Å². The number of hydrogen-bond donors (Lipinski definition) is 1. The first kappa shape index (κ1) is 16.1. The molecule has 0 aliphatic carbocycles. The van der Waals surface area contributed by atoms with E-state index in [1.165, 1.54) is 0 Å². The fourth-order valence-electron chi connectivity index (χ4n) is 2.76. The molecule has 21 heavy (non-hydrogen) atoms. The molecule has 4 nitrogen and oxygen atoms in total. The van der Waals surface area contributed by atoms with E-state index in [-0.39, 0.29) is 11.5 Å². The quantitative estimate of drug-likeness (QED) is 0.929. The van der Waals surface area contributed by atoms with Crippen molar-refractivity contribution < 1.29 is 14.2 Å². The van der Waals surface area contributed by atoms with Crippen molar-refractivity contribution in [2.75, 3.05) is 27.4 Å². The van der Waals surface area contributed by atoms with Gasteiger partial charge in [0.05, 0.1) is 20.3 Å². The molecular weight excluding hydrogens is 266 g/mol. The first-order valence-corrected chi connectivity index (χ1v) is 7.52. The van der Waals surface area contributed by atoms with Crippen LogP contribution in [0.4, 0.5) is 0 Å². The lowest BCUT2D eigenvalue weighted by molar-refractivity contribution is 0.0636. The summed E-state index contributed by atoms with van der Waals surface area (Å²) >= 11 is 0. The Morgan fingerprint density at radius 3 is 2.57 bits per heavy atom. The van der Waals surface area contributed by atoms with Crippen LogP contribution in [0.5, 0.6) is 11.5 Å². The van der Waals surface area contributed by atoms with Crippen molar-refractivity contribution in [3.63, 3.8) is 0 Å². The maximum absolute atomic E-state index is 6.05. The summed E-state index contributed by atoms with van der Waals surface area (Å²) in [5, 5.41) is 3.64. The molecule has 1 aliphatic rings. The van der Waals surface area contributed by atoms with E-state index in [0.29, 0.717) is 6.04 Å². The highest BCUT2D eigenvalue weighted by molar-refractivity contribution is 5.42. The second-order valence-corrected chi connectivity index (χ2v) is 6.58. The van der Waals surface area contributed by atoms with Crippen molar-refractivity contribution in [3.8, 4) is 11.5 Å². The van der Waals surface area contributed by atoms with Crippen LogP contribution >= 0.6 is 0 Å². The molecule has 0 radical (unpaired) electrons. The van der Waals surface area contributed by atoms with Gasteiger partial charge >= 0.3 is 0 Å². The molecular formula is C17H27NO3. The van der Waals surface area contributed by atoms with Gasteiger partial charge in [0, 0.05) is 30.8 Å². The van der Waals surface area contributed by atoms with Crippen molar-refractivity contribution >= 4 is 0 Å². The highest BCUT2D eigenvalue weighted by atomic mass is 16.5. The minimum Gasteiger partial charge on any atom is -0.497 e. The van der Waals surface area contributed by atoms with E-state index in [4.69, 9.17) is 14.2 Å². The lowest BCUT2D eigenvalue weighted by Gasteiger charge is -2.30. The van der Waals surface area contributed by atoms with Crippen LogP contribution in [0.3, 0.4) is 0 Å². The van der Waals surface area contributed by atoms with Gasteiger partial charge in [0.1, 0.15) is 11.5 Å². The summed E-state index contributed by atoms with van der Waals surface area (Å²) in [7, 11) is 3.34. The fraction of sp³-hybridized carbons (Fsp3) is 0.647. The maximum atomic E-state index is 6.05. The predicted octanol–water partition coefficient (Wildman–Crippen LogP) is 3.17. The van der Waals surface area contributed by atoms with Crippen LogP contribution in [0.1, 0.15) is 38.9 Å². The molecule has 1 aliphatic heterocycles. The monoisotopic (exact) mass is 293 g/mol. The summed E-state index contributed by atoms with van der Waals surface area (Å²) in [6, 6.07) is 6.35. The van der Waals surface area contributed by atoms with Gasteiger partial charge in [-0.05, 0) is 24.0 Å². The number of nitrogens with one attached hydrogen (secondary N) is 1. The van der Waals surface area contributed by atoms with E-state index >= 15 is 0 Å². The minimum absolute atomic E-state index is 0.0122. The molecule has 0 bridgehead atoms. The molecule has 1 fully saturated rings. The van der Waals surface area contributed by atoms with Crippen LogP contribution in [0.25, 0.3) is 0 Å². The largest absolute Gasteiger partial charge is 0.497 e. The fourth-order valence-corrected chi connectivity index (χ4v) is 2.76. The molecule has 0 saturated carbocycles. The predicted molar refractivity (Wildman–Crippen MR) is 84.1 cm³/mol. The van der Waals surface area contributed by atoms with E-state index in [9.17, 15) is 0 Å². The van der Waals surface area contributed by atoms with Crippen molar-refractivity contribution in [1.82, 2.24) is 5.32 Å². The Hall–Kier alpha value is -1.26. The van der Waals surface area contributed by atoms with Crippen molar-refractivity contribution in [2.45, 2.75) is 39.3 Å². The molecule has 1 N–H and O–H groups in total. The smallest absolute Gasteiger partial charge is 0.128 e. The zero-order valence-corrected chi connectivity index (χ0v) is 13.7. The molecule has 2 rings (SSSR count). The third kappa shape index (κ3) is 3.89. The number of ether oxygens (including phenoxy) is 3. The zero-order valence-electron chi connectivity index (χ0n) is 13.7. The lowest BCUT2D eigenvalue weighted by Crippen LogP contribution is -2.40. The van der Waals surface area contributed by atoms with Crippen LogP contribution in [-0.4, -0.2) is 33.4 Å².